The molecule has 1 atom stereocenters. The Labute approximate surface area is 161 Å². The van der Waals surface area contributed by atoms with Gasteiger partial charge in [-0.15, -0.1) is 0 Å². The van der Waals surface area contributed by atoms with E-state index in [0.29, 0.717) is 0 Å². The van der Waals surface area contributed by atoms with E-state index in [1.54, 1.807) is 6.33 Å². The monoisotopic (exact) mass is 371 g/mol. The van der Waals surface area contributed by atoms with Crippen LogP contribution in [0.1, 0.15) is 10.8 Å². The molecule has 0 spiro atoms. The van der Waals surface area contributed by atoms with Crippen LogP contribution in [0.3, 0.4) is 0 Å². The first-order valence-electron chi connectivity index (χ1n) is 8.58. The van der Waals surface area contributed by atoms with Crippen LogP contribution in [0.4, 0.5) is 5.69 Å². The zero-order valence-corrected chi connectivity index (χ0v) is 15.3. The quantitative estimate of drug-likeness (QED) is 0.392. The second kappa shape index (κ2) is 8.01. The fraction of sp³-hybridized carbons (Fsp3) is 0.0455. The summed E-state index contributed by atoms with van der Waals surface area (Å²) in [5.74, 6) is -0.0832. The maximum atomic E-state index is 13.1. The SMILES string of the molecule is O=C(Nc1ccccc1)C(Sc1ncnc2ccccc12)c1ccccc1. The van der Waals surface area contributed by atoms with Crippen molar-refractivity contribution in [2.24, 2.45) is 0 Å². The number of carbonyl (C=O) groups is 1. The van der Waals surface area contributed by atoms with Crippen LogP contribution in [0, 0.1) is 0 Å². The van der Waals surface area contributed by atoms with Crippen LogP contribution < -0.4 is 5.32 Å². The van der Waals surface area contributed by atoms with Crippen molar-refractivity contribution in [3.8, 4) is 0 Å². The molecule has 3 aromatic carbocycles. The fourth-order valence-electron chi connectivity index (χ4n) is 2.82. The smallest absolute Gasteiger partial charge is 0.242 e. The van der Waals surface area contributed by atoms with Crippen molar-refractivity contribution in [1.29, 1.82) is 0 Å². The molecule has 0 aliphatic rings. The number of amides is 1. The van der Waals surface area contributed by atoms with Crippen LogP contribution in [0.2, 0.25) is 0 Å². The average molecular weight is 371 g/mol. The van der Waals surface area contributed by atoms with Crippen LogP contribution in [-0.2, 0) is 4.79 Å². The third-order valence-electron chi connectivity index (χ3n) is 4.12. The molecule has 4 aromatic rings. The number of aromatic nitrogens is 2. The lowest BCUT2D eigenvalue weighted by Gasteiger charge is -2.17. The van der Waals surface area contributed by atoms with E-state index in [9.17, 15) is 4.79 Å². The highest BCUT2D eigenvalue weighted by atomic mass is 32.2. The minimum Gasteiger partial charge on any atom is -0.325 e. The summed E-state index contributed by atoms with van der Waals surface area (Å²) in [5, 5.41) is 4.31. The number of benzene rings is 3. The van der Waals surface area contributed by atoms with Gasteiger partial charge in [-0.3, -0.25) is 4.79 Å². The van der Waals surface area contributed by atoms with Crippen LogP contribution >= 0.6 is 11.8 Å². The Morgan fingerprint density at radius 3 is 2.26 bits per heavy atom. The zero-order valence-electron chi connectivity index (χ0n) is 14.4. The molecule has 0 bridgehead atoms. The van der Waals surface area contributed by atoms with Gasteiger partial charge in [-0.05, 0) is 23.8 Å². The highest BCUT2D eigenvalue weighted by molar-refractivity contribution is 8.00. The Morgan fingerprint density at radius 1 is 0.815 bits per heavy atom. The summed E-state index contributed by atoms with van der Waals surface area (Å²) < 4.78 is 0. The van der Waals surface area contributed by atoms with E-state index in [-0.39, 0.29) is 5.91 Å². The predicted octanol–water partition coefficient (Wildman–Crippen LogP) is 5.10. The third-order valence-corrected chi connectivity index (χ3v) is 5.39. The van der Waals surface area contributed by atoms with Gasteiger partial charge < -0.3 is 5.32 Å². The molecule has 1 amide bonds. The zero-order chi connectivity index (χ0) is 18.5. The van der Waals surface area contributed by atoms with Gasteiger partial charge in [0.25, 0.3) is 0 Å². The molecule has 27 heavy (non-hydrogen) atoms. The summed E-state index contributed by atoms with van der Waals surface area (Å²) in [7, 11) is 0. The van der Waals surface area contributed by atoms with E-state index in [1.807, 2.05) is 84.9 Å². The lowest BCUT2D eigenvalue weighted by molar-refractivity contribution is -0.115. The minimum absolute atomic E-state index is 0.0832. The van der Waals surface area contributed by atoms with E-state index in [1.165, 1.54) is 11.8 Å². The van der Waals surface area contributed by atoms with Gasteiger partial charge in [0.05, 0.1) is 5.52 Å². The summed E-state index contributed by atoms with van der Waals surface area (Å²) in [6, 6.07) is 27.1. The van der Waals surface area contributed by atoms with Crippen molar-refractivity contribution in [2.75, 3.05) is 5.32 Å². The van der Waals surface area contributed by atoms with E-state index >= 15 is 0 Å². The highest BCUT2D eigenvalue weighted by Crippen LogP contribution is 2.37. The molecule has 0 fully saturated rings. The Bertz CT molecular complexity index is 1050. The Balaban J connectivity index is 1.69. The molecule has 0 aliphatic carbocycles. The van der Waals surface area contributed by atoms with Gasteiger partial charge in [0, 0.05) is 11.1 Å². The number of nitrogens with one attached hydrogen (secondary N) is 1. The summed E-state index contributed by atoms with van der Waals surface area (Å²) in [4.78, 5) is 21.8. The number of nitrogens with zero attached hydrogens (tertiary/aromatic N) is 2. The van der Waals surface area contributed by atoms with Crippen LogP contribution in [0.5, 0.6) is 0 Å². The molecule has 0 saturated carbocycles. The molecule has 5 heteroatoms. The van der Waals surface area contributed by atoms with Gasteiger partial charge in [0.1, 0.15) is 16.6 Å². The predicted molar refractivity (Wildman–Crippen MR) is 110 cm³/mol. The highest BCUT2D eigenvalue weighted by Gasteiger charge is 2.23. The first-order chi connectivity index (χ1) is 13.3. The summed E-state index contributed by atoms with van der Waals surface area (Å²) in [6.45, 7) is 0. The van der Waals surface area contributed by atoms with Gasteiger partial charge in [-0.25, -0.2) is 9.97 Å². The van der Waals surface area contributed by atoms with Gasteiger partial charge in [-0.1, -0.05) is 78.5 Å². The number of hydrogen-bond donors (Lipinski definition) is 1. The van der Waals surface area contributed by atoms with E-state index in [2.05, 4.69) is 15.3 Å². The molecule has 4 nitrogen and oxygen atoms in total. The number of fused-ring (bicyclic) bond motifs is 1. The molecule has 1 N–H and O–H groups in total. The Hall–Kier alpha value is -3.18. The number of rotatable bonds is 5. The van der Waals surface area contributed by atoms with Gasteiger partial charge in [0.2, 0.25) is 5.91 Å². The van der Waals surface area contributed by atoms with Crippen LogP contribution in [0.15, 0.2) is 96.3 Å². The maximum Gasteiger partial charge on any atom is 0.242 e. The largest absolute Gasteiger partial charge is 0.325 e. The number of para-hydroxylation sites is 2. The van der Waals surface area contributed by atoms with Crippen LogP contribution in [0.25, 0.3) is 10.9 Å². The van der Waals surface area contributed by atoms with Gasteiger partial charge in [-0.2, -0.15) is 0 Å². The molecule has 1 aromatic heterocycles. The molecule has 1 heterocycles. The number of anilines is 1. The minimum atomic E-state index is -0.426. The average Bonchev–Trinajstić information content (AvgIpc) is 2.73. The van der Waals surface area contributed by atoms with E-state index in [0.717, 1.165) is 27.2 Å². The molecule has 0 radical (unpaired) electrons. The third kappa shape index (κ3) is 3.99. The van der Waals surface area contributed by atoms with Crippen molar-refractivity contribution in [2.45, 2.75) is 10.3 Å². The first kappa shape index (κ1) is 17.2. The van der Waals surface area contributed by atoms with Crippen molar-refractivity contribution < 1.29 is 4.79 Å². The number of hydrogen-bond acceptors (Lipinski definition) is 4. The summed E-state index contributed by atoms with van der Waals surface area (Å²) in [6.07, 6.45) is 1.54. The maximum absolute atomic E-state index is 13.1. The molecule has 1 unspecified atom stereocenters. The molecule has 4 rings (SSSR count). The van der Waals surface area contributed by atoms with Crippen molar-refractivity contribution in [3.63, 3.8) is 0 Å². The Morgan fingerprint density at radius 2 is 1.48 bits per heavy atom. The van der Waals surface area contributed by atoms with Gasteiger partial charge >= 0.3 is 0 Å². The molecular weight excluding hydrogens is 354 g/mol. The summed E-state index contributed by atoms with van der Waals surface area (Å²) in [5.41, 5.74) is 2.57. The summed E-state index contributed by atoms with van der Waals surface area (Å²) >= 11 is 1.44. The lowest BCUT2D eigenvalue weighted by Crippen LogP contribution is -2.19. The topological polar surface area (TPSA) is 54.9 Å². The second-order valence-corrected chi connectivity index (χ2v) is 7.05. The van der Waals surface area contributed by atoms with E-state index < -0.39 is 5.25 Å². The van der Waals surface area contributed by atoms with Crippen molar-refractivity contribution >= 4 is 34.3 Å². The number of carbonyl (C=O) groups excluding carboxylic acids is 1. The van der Waals surface area contributed by atoms with Gasteiger partial charge in [0.15, 0.2) is 0 Å². The van der Waals surface area contributed by atoms with Crippen molar-refractivity contribution in [1.82, 2.24) is 9.97 Å². The number of thioether (sulfide) groups is 1. The van der Waals surface area contributed by atoms with E-state index in [4.69, 9.17) is 0 Å². The standard InChI is InChI=1S/C22H17N3OS/c26-21(25-17-11-5-2-6-12-17)20(16-9-3-1-4-10-16)27-22-18-13-7-8-14-19(18)23-15-24-22/h1-15,20H,(H,25,26). The first-order valence-corrected chi connectivity index (χ1v) is 9.46. The second-order valence-electron chi connectivity index (χ2n) is 5.96. The Kier molecular flexibility index (Phi) is 5.12. The molecule has 0 aliphatic heterocycles. The fourth-order valence-corrected chi connectivity index (χ4v) is 3.91. The lowest BCUT2D eigenvalue weighted by atomic mass is 10.1. The van der Waals surface area contributed by atoms with Crippen molar-refractivity contribution in [3.05, 3.63) is 96.8 Å². The molecule has 0 saturated heterocycles. The molecular formula is C22H17N3OS. The molecule has 132 valence electrons. The normalized spacial score (nSPS) is 11.9. The van der Waals surface area contributed by atoms with Crippen LogP contribution in [-0.4, -0.2) is 15.9 Å².